The molecule has 14 heavy (non-hydrogen) atoms. The Morgan fingerprint density at radius 2 is 1.57 bits per heavy atom. The second-order valence-electron chi connectivity index (χ2n) is 5.02. The molecule has 0 rings (SSSR count). The predicted octanol–water partition coefficient (Wildman–Crippen LogP) is 3.53. The normalized spacial score (nSPS) is 13.9. The second-order valence-corrected chi connectivity index (χ2v) is 6.09. The summed E-state index contributed by atoms with van der Waals surface area (Å²) in [6.45, 7) is 9.08. The maximum atomic E-state index is 6.03. The molecule has 0 aromatic carbocycles. The van der Waals surface area contributed by atoms with Gasteiger partial charge in [0.1, 0.15) is 0 Å². The lowest BCUT2D eigenvalue weighted by molar-refractivity contribution is 0.513. The Hall–Kier alpha value is 0.310. The number of hydrogen-bond acceptors (Lipinski definition) is 2. The molecule has 0 aromatic rings. The van der Waals surface area contributed by atoms with E-state index in [-0.39, 0.29) is 0 Å². The van der Waals surface area contributed by atoms with Crippen LogP contribution in [0.1, 0.15) is 47.0 Å². The lowest BCUT2D eigenvalue weighted by Gasteiger charge is -2.12. The topological polar surface area (TPSA) is 26.0 Å². The fraction of sp³-hybridized carbons (Fsp3) is 1.00. The first-order chi connectivity index (χ1) is 6.52. The lowest BCUT2D eigenvalue weighted by Crippen LogP contribution is -2.23. The van der Waals surface area contributed by atoms with Gasteiger partial charge in [-0.1, -0.05) is 40.5 Å². The smallest absolute Gasteiger partial charge is 0.0130 e. The fourth-order valence-electron chi connectivity index (χ4n) is 1.33. The third-order valence-corrected chi connectivity index (χ3v) is 3.71. The van der Waals surface area contributed by atoms with Crippen LogP contribution in [0.3, 0.4) is 0 Å². The van der Waals surface area contributed by atoms with Crippen LogP contribution in [0.15, 0.2) is 0 Å². The molecule has 1 nitrogen and oxygen atoms in total. The van der Waals surface area contributed by atoms with E-state index in [4.69, 9.17) is 5.73 Å². The van der Waals surface area contributed by atoms with Gasteiger partial charge in [0, 0.05) is 11.8 Å². The van der Waals surface area contributed by atoms with Crippen molar-refractivity contribution in [2.24, 2.45) is 17.6 Å². The van der Waals surface area contributed by atoms with Crippen LogP contribution in [0, 0.1) is 11.8 Å². The van der Waals surface area contributed by atoms with Crippen molar-refractivity contribution in [3.05, 3.63) is 0 Å². The van der Waals surface area contributed by atoms with Crippen LogP contribution in [0.4, 0.5) is 0 Å². The van der Waals surface area contributed by atoms with Crippen LogP contribution in [-0.4, -0.2) is 17.5 Å². The summed E-state index contributed by atoms with van der Waals surface area (Å²) in [4.78, 5) is 0. The molecule has 0 bridgehead atoms. The van der Waals surface area contributed by atoms with Gasteiger partial charge in [0.2, 0.25) is 0 Å². The van der Waals surface area contributed by atoms with Crippen LogP contribution in [0.25, 0.3) is 0 Å². The molecule has 0 amide bonds. The zero-order valence-electron chi connectivity index (χ0n) is 10.3. The van der Waals surface area contributed by atoms with E-state index in [1.54, 1.807) is 0 Å². The molecular weight excluding hydrogens is 190 g/mol. The minimum absolute atomic E-state index is 0.414. The Morgan fingerprint density at radius 1 is 0.929 bits per heavy atom. The first kappa shape index (κ1) is 14.3. The monoisotopic (exact) mass is 217 g/mol. The Balaban J connectivity index is 3.23. The maximum absolute atomic E-state index is 6.03. The van der Waals surface area contributed by atoms with E-state index in [1.807, 2.05) is 11.8 Å². The van der Waals surface area contributed by atoms with E-state index in [2.05, 4.69) is 27.7 Å². The van der Waals surface area contributed by atoms with Crippen molar-refractivity contribution < 1.29 is 0 Å². The largest absolute Gasteiger partial charge is 0.327 e. The zero-order valence-corrected chi connectivity index (χ0v) is 11.1. The Bertz CT molecular complexity index is 109. The molecule has 0 saturated carbocycles. The van der Waals surface area contributed by atoms with Crippen molar-refractivity contribution in [3.63, 3.8) is 0 Å². The van der Waals surface area contributed by atoms with Crippen LogP contribution >= 0.6 is 11.8 Å². The zero-order chi connectivity index (χ0) is 11.0. The molecule has 86 valence electrons. The SMILES string of the molecule is CC(C)CCCC(N)CSCC(C)C. The van der Waals surface area contributed by atoms with Crippen molar-refractivity contribution >= 4 is 11.8 Å². The van der Waals surface area contributed by atoms with Crippen LogP contribution in [0.5, 0.6) is 0 Å². The van der Waals surface area contributed by atoms with Gasteiger partial charge in [-0.05, 0) is 24.0 Å². The van der Waals surface area contributed by atoms with Crippen LogP contribution in [-0.2, 0) is 0 Å². The van der Waals surface area contributed by atoms with Gasteiger partial charge in [-0.3, -0.25) is 0 Å². The lowest BCUT2D eigenvalue weighted by atomic mass is 10.0. The summed E-state index contributed by atoms with van der Waals surface area (Å²) in [6.07, 6.45) is 3.81. The average molecular weight is 217 g/mol. The fourth-order valence-corrected chi connectivity index (χ4v) is 2.40. The van der Waals surface area contributed by atoms with Crippen molar-refractivity contribution in [1.82, 2.24) is 0 Å². The van der Waals surface area contributed by atoms with Gasteiger partial charge < -0.3 is 5.73 Å². The first-order valence-electron chi connectivity index (χ1n) is 5.85. The summed E-state index contributed by atoms with van der Waals surface area (Å²) < 4.78 is 0. The molecule has 2 heteroatoms. The minimum atomic E-state index is 0.414. The predicted molar refractivity (Wildman–Crippen MR) is 68.8 cm³/mol. The number of rotatable bonds is 8. The van der Waals surface area contributed by atoms with E-state index in [1.165, 1.54) is 25.0 Å². The highest BCUT2D eigenvalue weighted by Crippen LogP contribution is 2.12. The maximum Gasteiger partial charge on any atom is 0.0130 e. The highest BCUT2D eigenvalue weighted by atomic mass is 32.2. The van der Waals surface area contributed by atoms with Gasteiger partial charge in [-0.2, -0.15) is 11.8 Å². The quantitative estimate of drug-likeness (QED) is 0.673. The molecule has 0 heterocycles. The van der Waals surface area contributed by atoms with Crippen molar-refractivity contribution in [2.75, 3.05) is 11.5 Å². The molecule has 2 N–H and O–H groups in total. The molecule has 0 fully saturated rings. The number of hydrogen-bond donors (Lipinski definition) is 1. The van der Waals surface area contributed by atoms with E-state index < -0.39 is 0 Å². The summed E-state index contributed by atoms with van der Waals surface area (Å²) in [6, 6.07) is 0.414. The van der Waals surface area contributed by atoms with Gasteiger partial charge in [0.25, 0.3) is 0 Å². The van der Waals surface area contributed by atoms with Crippen molar-refractivity contribution in [3.8, 4) is 0 Å². The Labute approximate surface area is 94.2 Å². The first-order valence-corrected chi connectivity index (χ1v) is 7.01. The molecule has 0 spiro atoms. The molecule has 0 saturated heterocycles. The van der Waals surface area contributed by atoms with E-state index in [0.29, 0.717) is 6.04 Å². The van der Waals surface area contributed by atoms with Gasteiger partial charge in [0.05, 0.1) is 0 Å². The van der Waals surface area contributed by atoms with E-state index >= 15 is 0 Å². The summed E-state index contributed by atoms with van der Waals surface area (Å²) in [5.74, 6) is 4.00. The van der Waals surface area contributed by atoms with E-state index in [0.717, 1.165) is 17.6 Å². The molecule has 0 radical (unpaired) electrons. The molecule has 0 aliphatic carbocycles. The molecule has 1 atom stereocenters. The van der Waals surface area contributed by atoms with Crippen LogP contribution < -0.4 is 5.73 Å². The summed E-state index contributed by atoms with van der Waals surface area (Å²) >= 11 is 2.00. The van der Waals surface area contributed by atoms with E-state index in [9.17, 15) is 0 Å². The van der Waals surface area contributed by atoms with Gasteiger partial charge in [0.15, 0.2) is 0 Å². The second kappa shape index (κ2) is 8.60. The third-order valence-electron chi connectivity index (χ3n) is 2.14. The molecule has 0 aliphatic heterocycles. The third kappa shape index (κ3) is 10.4. The minimum Gasteiger partial charge on any atom is -0.327 e. The van der Waals surface area contributed by atoms with Gasteiger partial charge >= 0.3 is 0 Å². The van der Waals surface area contributed by atoms with Crippen LogP contribution in [0.2, 0.25) is 0 Å². The van der Waals surface area contributed by atoms with Gasteiger partial charge in [-0.25, -0.2) is 0 Å². The average Bonchev–Trinajstić information content (AvgIpc) is 2.02. The Morgan fingerprint density at radius 3 is 2.07 bits per heavy atom. The highest BCUT2D eigenvalue weighted by molar-refractivity contribution is 7.99. The van der Waals surface area contributed by atoms with Crippen molar-refractivity contribution in [2.45, 2.75) is 53.0 Å². The summed E-state index contributed by atoms with van der Waals surface area (Å²) in [5.41, 5.74) is 6.03. The molecule has 1 unspecified atom stereocenters. The Kier molecular flexibility index (Phi) is 8.80. The summed E-state index contributed by atoms with van der Waals surface area (Å²) in [5, 5.41) is 0. The number of nitrogens with two attached hydrogens (primary N) is 1. The molecule has 0 aromatic heterocycles. The molecule has 0 aliphatic rings. The standard InChI is InChI=1S/C12H27NS/c1-10(2)6-5-7-12(13)9-14-8-11(3)4/h10-12H,5-9,13H2,1-4H3. The molecular formula is C12H27NS. The summed E-state index contributed by atoms with van der Waals surface area (Å²) in [7, 11) is 0. The van der Waals surface area contributed by atoms with Gasteiger partial charge in [-0.15, -0.1) is 0 Å². The number of thioether (sulfide) groups is 1. The highest BCUT2D eigenvalue weighted by Gasteiger charge is 2.04. The van der Waals surface area contributed by atoms with Crippen molar-refractivity contribution in [1.29, 1.82) is 0 Å².